The summed E-state index contributed by atoms with van der Waals surface area (Å²) in [5.41, 5.74) is -0.618. The fraction of sp³-hybridized carbons (Fsp3) is 0.526. The molecule has 0 aromatic heterocycles. The number of benzene rings is 1. The van der Waals surface area contributed by atoms with Crippen LogP contribution in [0.2, 0.25) is 0 Å². The number of piperidine rings is 1. The molecule has 0 radical (unpaired) electrons. The van der Waals surface area contributed by atoms with Gasteiger partial charge in [-0.25, -0.2) is 9.18 Å². The first-order valence-electron chi connectivity index (χ1n) is 8.96. The summed E-state index contributed by atoms with van der Waals surface area (Å²) < 4.78 is 13.0. The van der Waals surface area contributed by atoms with Gasteiger partial charge in [-0.15, -0.1) is 0 Å². The summed E-state index contributed by atoms with van der Waals surface area (Å²) in [6.45, 7) is 6.41. The minimum atomic E-state index is -0.895. The predicted octanol–water partition coefficient (Wildman–Crippen LogP) is 2.05. The largest absolute Gasteiger partial charge is 0.325 e. The number of likely N-dealkylation sites (tertiary alicyclic amines) is 1. The SMILES string of the molecule is CC(C)CN1CCC2(CC1)NC(=O)N(CC(=O)c1ccc(F)cc1)C2=O. The average Bonchev–Trinajstić information content (AvgIpc) is 2.81. The van der Waals surface area contributed by atoms with Gasteiger partial charge in [-0.3, -0.25) is 14.5 Å². The minimum absolute atomic E-state index is 0.278. The van der Waals surface area contributed by atoms with E-state index in [9.17, 15) is 18.8 Å². The van der Waals surface area contributed by atoms with Crippen LogP contribution in [-0.2, 0) is 4.79 Å². The van der Waals surface area contributed by atoms with Gasteiger partial charge in [0.2, 0.25) is 0 Å². The van der Waals surface area contributed by atoms with Gasteiger partial charge in [-0.2, -0.15) is 0 Å². The molecule has 2 aliphatic heterocycles. The molecule has 26 heavy (non-hydrogen) atoms. The number of Topliss-reactive ketones (excluding diaryl/α,β-unsaturated/α-hetero) is 1. The molecule has 0 bridgehead atoms. The zero-order valence-electron chi connectivity index (χ0n) is 15.1. The summed E-state index contributed by atoms with van der Waals surface area (Å²) in [6, 6.07) is 4.56. The summed E-state index contributed by atoms with van der Waals surface area (Å²) in [4.78, 5) is 40.8. The Balaban J connectivity index is 1.66. The molecule has 1 spiro atoms. The molecule has 3 rings (SSSR count). The molecular formula is C19H24FN3O3. The van der Waals surface area contributed by atoms with Crippen molar-refractivity contribution in [3.05, 3.63) is 35.6 Å². The monoisotopic (exact) mass is 361 g/mol. The highest BCUT2D eigenvalue weighted by atomic mass is 19.1. The Morgan fingerprint density at radius 2 is 1.81 bits per heavy atom. The molecule has 3 amide bonds. The van der Waals surface area contributed by atoms with Gasteiger partial charge >= 0.3 is 6.03 Å². The standard InChI is InChI=1S/C19H24FN3O3/c1-13(2)11-22-9-7-19(8-10-22)17(25)23(18(26)21-19)12-16(24)14-3-5-15(20)6-4-14/h3-6,13H,7-12H2,1-2H3,(H,21,26). The predicted molar refractivity (Wildman–Crippen MR) is 94.2 cm³/mol. The van der Waals surface area contributed by atoms with Gasteiger partial charge in [0, 0.05) is 25.2 Å². The fourth-order valence-electron chi connectivity index (χ4n) is 3.66. The number of hydrogen-bond donors (Lipinski definition) is 1. The number of hydrogen-bond acceptors (Lipinski definition) is 4. The number of carbonyl (C=O) groups excluding carboxylic acids is 3. The van der Waals surface area contributed by atoms with E-state index in [0.29, 0.717) is 18.8 Å². The lowest BCUT2D eigenvalue weighted by Gasteiger charge is -2.37. The van der Waals surface area contributed by atoms with Crippen molar-refractivity contribution in [2.24, 2.45) is 5.92 Å². The number of nitrogens with zero attached hydrogens (tertiary/aromatic N) is 2. The van der Waals surface area contributed by atoms with Crippen molar-refractivity contribution in [2.75, 3.05) is 26.2 Å². The van der Waals surface area contributed by atoms with Crippen LogP contribution < -0.4 is 5.32 Å². The maximum absolute atomic E-state index is 13.0. The molecule has 7 heteroatoms. The van der Waals surface area contributed by atoms with Gasteiger partial charge in [-0.05, 0) is 43.0 Å². The van der Waals surface area contributed by atoms with Crippen LogP contribution in [0.15, 0.2) is 24.3 Å². The quantitative estimate of drug-likeness (QED) is 0.644. The van der Waals surface area contributed by atoms with Crippen molar-refractivity contribution in [1.82, 2.24) is 15.1 Å². The summed E-state index contributed by atoms with van der Waals surface area (Å²) >= 11 is 0. The van der Waals surface area contributed by atoms with Crippen LogP contribution in [0.5, 0.6) is 0 Å². The van der Waals surface area contributed by atoms with Crippen molar-refractivity contribution in [3.63, 3.8) is 0 Å². The second-order valence-electron chi connectivity index (χ2n) is 7.53. The molecule has 0 atom stereocenters. The van der Waals surface area contributed by atoms with Gasteiger partial charge in [0.05, 0.1) is 6.54 Å². The number of nitrogens with one attached hydrogen (secondary N) is 1. The highest BCUT2D eigenvalue weighted by molar-refractivity contribution is 6.11. The van der Waals surface area contributed by atoms with Crippen LogP contribution in [0.1, 0.15) is 37.0 Å². The van der Waals surface area contributed by atoms with Crippen molar-refractivity contribution in [3.8, 4) is 0 Å². The Morgan fingerprint density at radius 1 is 1.19 bits per heavy atom. The first kappa shape index (κ1) is 18.5. The van der Waals surface area contributed by atoms with Crippen LogP contribution in [0.3, 0.4) is 0 Å². The van der Waals surface area contributed by atoms with Crippen molar-refractivity contribution in [2.45, 2.75) is 32.2 Å². The Bertz CT molecular complexity index is 709. The van der Waals surface area contributed by atoms with E-state index in [1.165, 1.54) is 24.3 Å². The molecule has 2 heterocycles. The Morgan fingerprint density at radius 3 is 2.38 bits per heavy atom. The molecule has 1 aromatic rings. The molecule has 1 aromatic carbocycles. The summed E-state index contributed by atoms with van der Waals surface area (Å²) in [6.07, 6.45) is 1.09. The number of rotatable bonds is 5. The molecule has 2 saturated heterocycles. The molecular weight excluding hydrogens is 337 g/mol. The van der Waals surface area contributed by atoms with Crippen molar-refractivity contribution < 1.29 is 18.8 Å². The highest BCUT2D eigenvalue weighted by Gasteiger charge is 2.52. The van der Waals surface area contributed by atoms with Crippen LogP contribution >= 0.6 is 0 Å². The zero-order chi connectivity index (χ0) is 18.9. The number of amides is 3. The van der Waals surface area contributed by atoms with E-state index in [0.717, 1.165) is 24.5 Å². The number of halogens is 1. The number of carbonyl (C=O) groups is 3. The second kappa shape index (κ2) is 7.15. The second-order valence-corrected chi connectivity index (χ2v) is 7.53. The van der Waals surface area contributed by atoms with Crippen molar-refractivity contribution in [1.29, 1.82) is 0 Å². The van der Waals surface area contributed by atoms with Gasteiger partial charge in [-0.1, -0.05) is 13.8 Å². The lowest BCUT2D eigenvalue weighted by atomic mass is 9.87. The third-order valence-electron chi connectivity index (χ3n) is 5.05. The Labute approximate surface area is 152 Å². The molecule has 0 unspecified atom stereocenters. The Hall–Kier alpha value is -2.28. The van der Waals surface area contributed by atoms with E-state index < -0.39 is 17.4 Å². The maximum atomic E-state index is 13.0. The third kappa shape index (κ3) is 3.62. The van der Waals surface area contributed by atoms with E-state index in [-0.39, 0.29) is 23.8 Å². The summed E-state index contributed by atoms with van der Waals surface area (Å²) in [5.74, 6) is -0.614. The van der Waals surface area contributed by atoms with E-state index >= 15 is 0 Å². The van der Waals surface area contributed by atoms with Gasteiger partial charge < -0.3 is 10.2 Å². The number of urea groups is 1. The van der Waals surface area contributed by atoms with E-state index in [2.05, 4.69) is 24.1 Å². The maximum Gasteiger partial charge on any atom is 0.325 e. The molecule has 2 aliphatic rings. The number of imide groups is 1. The van der Waals surface area contributed by atoms with Crippen LogP contribution in [0, 0.1) is 11.7 Å². The molecule has 1 N–H and O–H groups in total. The number of ketones is 1. The minimum Gasteiger partial charge on any atom is -0.323 e. The van der Waals surface area contributed by atoms with Crippen LogP contribution in [-0.4, -0.2) is 59.2 Å². The van der Waals surface area contributed by atoms with E-state index in [1.807, 2.05) is 0 Å². The molecule has 0 saturated carbocycles. The fourth-order valence-corrected chi connectivity index (χ4v) is 3.66. The highest BCUT2D eigenvalue weighted by Crippen LogP contribution is 2.30. The van der Waals surface area contributed by atoms with Gasteiger partial charge in [0.25, 0.3) is 5.91 Å². The third-order valence-corrected chi connectivity index (χ3v) is 5.05. The topological polar surface area (TPSA) is 69.7 Å². The van der Waals surface area contributed by atoms with Gasteiger partial charge in [0.15, 0.2) is 5.78 Å². The van der Waals surface area contributed by atoms with Crippen molar-refractivity contribution >= 4 is 17.7 Å². The van der Waals surface area contributed by atoms with Gasteiger partial charge in [0.1, 0.15) is 11.4 Å². The van der Waals surface area contributed by atoms with Crippen LogP contribution in [0.25, 0.3) is 0 Å². The lowest BCUT2D eigenvalue weighted by Crippen LogP contribution is -2.55. The van der Waals surface area contributed by atoms with E-state index in [4.69, 9.17) is 0 Å². The summed E-state index contributed by atoms with van der Waals surface area (Å²) in [5, 5.41) is 2.81. The molecule has 140 valence electrons. The molecule has 0 aliphatic carbocycles. The lowest BCUT2D eigenvalue weighted by molar-refractivity contribution is -0.132. The normalized spacial score (nSPS) is 20.1. The van der Waals surface area contributed by atoms with Crippen LogP contribution in [0.4, 0.5) is 9.18 Å². The zero-order valence-corrected chi connectivity index (χ0v) is 15.1. The smallest absolute Gasteiger partial charge is 0.323 e. The summed E-state index contributed by atoms with van der Waals surface area (Å²) in [7, 11) is 0. The molecule has 2 fully saturated rings. The van der Waals surface area contributed by atoms with E-state index in [1.54, 1.807) is 0 Å². The Kier molecular flexibility index (Phi) is 5.09. The first-order chi connectivity index (χ1) is 12.3. The molecule has 6 nitrogen and oxygen atoms in total. The first-order valence-corrected chi connectivity index (χ1v) is 8.96. The average molecular weight is 361 g/mol.